The van der Waals surface area contributed by atoms with E-state index in [1.165, 1.54) is 75.7 Å². The second-order valence-corrected chi connectivity index (χ2v) is 20.3. The molecule has 2 heteroatoms. The summed E-state index contributed by atoms with van der Waals surface area (Å²) in [6, 6.07) is 100. The molecule has 0 amide bonds. The van der Waals surface area contributed by atoms with Crippen molar-refractivity contribution in [2.24, 2.45) is 0 Å². The summed E-state index contributed by atoms with van der Waals surface area (Å²) >= 11 is 0. The first-order valence-corrected chi connectivity index (χ1v) is 24.1. The van der Waals surface area contributed by atoms with Gasteiger partial charge in [-0.1, -0.05) is 224 Å². The number of anilines is 3. The number of benzene rings is 11. The van der Waals surface area contributed by atoms with E-state index in [1.54, 1.807) is 0 Å². The molecule has 1 nitrogen and oxygen atoms in total. The van der Waals surface area contributed by atoms with E-state index in [9.17, 15) is 0 Å². The van der Waals surface area contributed by atoms with Gasteiger partial charge in [0.2, 0.25) is 0 Å². The molecule has 0 unspecified atom stereocenters. The van der Waals surface area contributed by atoms with E-state index < -0.39 is 8.07 Å². The van der Waals surface area contributed by atoms with E-state index in [-0.39, 0.29) is 0 Å². The van der Waals surface area contributed by atoms with Gasteiger partial charge in [0, 0.05) is 17.1 Å². The van der Waals surface area contributed by atoms with Crippen molar-refractivity contribution >= 4 is 67.4 Å². The van der Waals surface area contributed by atoms with E-state index in [0.717, 1.165) is 17.1 Å². The smallest absolute Gasteiger partial charge is 0.179 e. The molecule has 0 radical (unpaired) electrons. The van der Waals surface area contributed by atoms with Crippen molar-refractivity contribution in [2.75, 3.05) is 4.90 Å². The Labute approximate surface area is 376 Å². The first-order valence-electron chi connectivity index (χ1n) is 22.1. The van der Waals surface area contributed by atoms with Crippen LogP contribution in [0.25, 0.3) is 54.9 Å². The molecule has 0 bridgehead atoms. The zero-order valence-corrected chi connectivity index (χ0v) is 36.4. The lowest BCUT2D eigenvalue weighted by Gasteiger charge is -2.35. The molecule has 0 fully saturated rings. The highest BCUT2D eigenvalue weighted by Gasteiger charge is 2.41. The van der Waals surface area contributed by atoms with E-state index >= 15 is 0 Å². The first-order chi connectivity index (χ1) is 31.7. The van der Waals surface area contributed by atoms with Crippen molar-refractivity contribution in [3.8, 4) is 33.4 Å². The Kier molecular flexibility index (Phi) is 10.3. The van der Waals surface area contributed by atoms with Crippen LogP contribution in [0, 0.1) is 0 Å². The van der Waals surface area contributed by atoms with Crippen molar-refractivity contribution < 1.29 is 0 Å². The van der Waals surface area contributed by atoms with Gasteiger partial charge in [-0.25, -0.2) is 0 Å². The van der Waals surface area contributed by atoms with Crippen LogP contribution in [0.3, 0.4) is 0 Å². The third kappa shape index (κ3) is 7.20. The lowest BCUT2D eigenvalue weighted by Crippen LogP contribution is -2.74. The SMILES string of the molecule is c1ccc(-c2cccc3ccc(-c4ccc(N(c5ccc(-c6ccc7ccccc7c6)cc5)c5ccc([Si](c6ccccc6)(c6ccccc6)c6ccccc6)cc5)cc4)cc23)cc1. The third-order valence-corrected chi connectivity index (χ3v) is 17.6. The van der Waals surface area contributed by atoms with Crippen LogP contribution in [0.1, 0.15) is 0 Å². The maximum Gasteiger partial charge on any atom is 0.179 e. The average molecular weight is 832 g/mol. The fourth-order valence-electron chi connectivity index (χ4n) is 9.67. The van der Waals surface area contributed by atoms with Crippen LogP contribution in [-0.4, -0.2) is 8.07 Å². The third-order valence-electron chi connectivity index (χ3n) is 12.8. The molecule has 0 aliphatic rings. The van der Waals surface area contributed by atoms with Crippen LogP contribution >= 0.6 is 0 Å². The predicted molar refractivity (Wildman–Crippen MR) is 276 cm³/mol. The zero-order valence-electron chi connectivity index (χ0n) is 35.4. The fourth-order valence-corrected chi connectivity index (χ4v) is 14.4. The molecule has 0 atom stereocenters. The van der Waals surface area contributed by atoms with Crippen molar-refractivity contribution in [1.82, 2.24) is 0 Å². The van der Waals surface area contributed by atoms with Gasteiger partial charge in [0.15, 0.2) is 8.07 Å². The Morgan fingerprint density at radius 1 is 0.234 bits per heavy atom. The van der Waals surface area contributed by atoms with Crippen LogP contribution in [0.15, 0.2) is 273 Å². The second kappa shape index (κ2) is 17.0. The van der Waals surface area contributed by atoms with Crippen molar-refractivity contribution in [3.05, 3.63) is 273 Å². The summed E-state index contributed by atoms with van der Waals surface area (Å²) in [5.74, 6) is 0. The van der Waals surface area contributed by atoms with Crippen LogP contribution in [0.2, 0.25) is 0 Å². The van der Waals surface area contributed by atoms with Crippen molar-refractivity contribution in [2.45, 2.75) is 0 Å². The molecule has 0 N–H and O–H groups in total. The summed E-state index contributed by atoms with van der Waals surface area (Å²) in [5, 5.41) is 10.4. The molecule has 302 valence electrons. The molecular formula is C62H45NSi. The largest absolute Gasteiger partial charge is 0.311 e. The van der Waals surface area contributed by atoms with E-state index in [0.29, 0.717) is 0 Å². The molecule has 0 heterocycles. The summed E-state index contributed by atoms with van der Waals surface area (Å²) < 4.78 is 0. The molecule has 0 saturated heterocycles. The summed E-state index contributed by atoms with van der Waals surface area (Å²) in [6.45, 7) is 0. The summed E-state index contributed by atoms with van der Waals surface area (Å²) in [7, 11) is -2.69. The highest BCUT2D eigenvalue weighted by molar-refractivity contribution is 7.19. The maximum atomic E-state index is 2.39. The van der Waals surface area contributed by atoms with Crippen molar-refractivity contribution in [3.63, 3.8) is 0 Å². The molecule has 64 heavy (non-hydrogen) atoms. The number of hydrogen-bond acceptors (Lipinski definition) is 1. The molecule has 0 spiro atoms. The van der Waals surface area contributed by atoms with Crippen molar-refractivity contribution in [1.29, 1.82) is 0 Å². The monoisotopic (exact) mass is 831 g/mol. The summed E-state index contributed by atoms with van der Waals surface area (Å²) in [5.41, 5.74) is 10.5. The molecule has 11 aromatic carbocycles. The number of nitrogens with zero attached hydrogens (tertiary/aromatic N) is 1. The molecule has 0 saturated carbocycles. The van der Waals surface area contributed by atoms with Crippen LogP contribution in [0.5, 0.6) is 0 Å². The van der Waals surface area contributed by atoms with Gasteiger partial charge in [0.25, 0.3) is 0 Å². The van der Waals surface area contributed by atoms with Gasteiger partial charge in [-0.05, 0) is 124 Å². The summed E-state index contributed by atoms with van der Waals surface area (Å²) in [6.07, 6.45) is 0. The quantitative estimate of drug-likeness (QED) is 0.0980. The minimum absolute atomic E-state index is 1.10. The van der Waals surface area contributed by atoms with Gasteiger partial charge in [0.1, 0.15) is 0 Å². The molecular weight excluding hydrogens is 787 g/mol. The predicted octanol–water partition coefficient (Wildman–Crippen LogP) is 13.8. The first kappa shape index (κ1) is 38.8. The Hall–Kier alpha value is -8.04. The second-order valence-electron chi connectivity index (χ2n) is 16.5. The highest BCUT2D eigenvalue weighted by atomic mass is 28.3. The highest BCUT2D eigenvalue weighted by Crippen LogP contribution is 2.38. The van der Waals surface area contributed by atoms with E-state index in [1.807, 2.05) is 0 Å². The van der Waals surface area contributed by atoms with Gasteiger partial charge < -0.3 is 4.90 Å². The fraction of sp³-hybridized carbons (Fsp3) is 0. The molecule has 0 aliphatic carbocycles. The zero-order chi connectivity index (χ0) is 42.7. The number of hydrogen-bond donors (Lipinski definition) is 0. The van der Waals surface area contributed by atoms with Crippen LogP contribution in [-0.2, 0) is 0 Å². The minimum Gasteiger partial charge on any atom is -0.311 e. The van der Waals surface area contributed by atoms with Gasteiger partial charge >= 0.3 is 0 Å². The average Bonchev–Trinajstić information content (AvgIpc) is 3.38. The van der Waals surface area contributed by atoms with E-state index in [4.69, 9.17) is 0 Å². The Morgan fingerprint density at radius 2 is 0.625 bits per heavy atom. The van der Waals surface area contributed by atoms with E-state index in [2.05, 4.69) is 278 Å². The minimum atomic E-state index is -2.69. The standard InChI is InChI=1S/C62H45NSi/c1-5-17-49(18-6-1)61-27-15-20-50-29-31-53(45-62(50)61)48-34-38-55(39-35-48)63(54-36-32-47(33-37-54)52-30-28-46-16-13-14-19-51(46)44-52)56-40-42-60(43-41-56)64(57-21-7-2-8-22-57,58-23-9-3-10-24-58)59-25-11-4-12-26-59/h1-45H. The lowest BCUT2D eigenvalue weighted by molar-refractivity contribution is 1.28. The Balaban J connectivity index is 1.02. The number of rotatable bonds is 10. The molecule has 0 aliphatic heterocycles. The van der Waals surface area contributed by atoms with Gasteiger partial charge in [-0.15, -0.1) is 0 Å². The Bertz CT molecular complexity index is 3230. The molecule has 11 aromatic rings. The summed E-state index contributed by atoms with van der Waals surface area (Å²) in [4.78, 5) is 2.39. The van der Waals surface area contributed by atoms with Crippen LogP contribution in [0.4, 0.5) is 17.1 Å². The molecule has 0 aromatic heterocycles. The van der Waals surface area contributed by atoms with Gasteiger partial charge in [-0.2, -0.15) is 0 Å². The van der Waals surface area contributed by atoms with Gasteiger partial charge in [0.05, 0.1) is 0 Å². The lowest BCUT2D eigenvalue weighted by atomic mass is 9.95. The topological polar surface area (TPSA) is 3.24 Å². The normalized spacial score (nSPS) is 11.4. The Morgan fingerprint density at radius 3 is 1.16 bits per heavy atom. The molecule has 11 rings (SSSR count). The number of fused-ring (bicyclic) bond motifs is 2. The van der Waals surface area contributed by atoms with Crippen LogP contribution < -0.4 is 25.6 Å². The maximum absolute atomic E-state index is 2.69. The van der Waals surface area contributed by atoms with Gasteiger partial charge in [-0.3, -0.25) is 0 Å².